The van der Waals surface area contributed by atoms with Gasteiger partial charge < -0.3 is 4.90 Å². The molecule has 3 heterocycles. The number of hydrogen-bond donors (Lipinski definition) is 0. The van der Waals surface area contributed by atoms with Gasteiger partial charge in [-0.05, 0) is 30.7 Å². The van der Waals surface area contributed by atoms with Gasteiger partial charge in [-0.1, -0.05) is 22.0 Å². The second kappa shape index (κ2) is 5.93. The third-order valence-electron chi connectivity index (χ3n) is 4.18. The molecular weight excluding hydrogens is 400 g/mol. The fourth-order valence-electron chi connectivity index (χ4n) is 2.83. The summed E-state index contributed by atoms with van der Waals surface area (Å²) < 4.78 is 3.16. The molecular formula is C18H15BrN4OS. The van der Waals surface area contributed by atoms with Gasteiger partial charge in [0, 0.05) is 24.8 Å². The van der Waals surface area contributed by atoms with Crippen molar-refractivity contribution in [2.24, 2.45) is 0 Å². The molecule has 3 aromatic heterocycles. The van der Waals surface area contributed by atoms with Crippen LogP contribution in [-0.2, 0) is 0 Å². The average Bonchev–Trinajstić information content (AvgIpc) is 2.97. The van der Waals surface area contributed by atoms with Crippen LogP contribution < -0.4 is 10.5 Å². The number of aryl methyl sites for hydroxylation is 1. The number of fused-ring (bicyclic) bond motifs is 3. The van der Waals surface area contributed by atoms with Crippen LogP contribution in [-0.4, -0.2) is 28.6 Å². The Morgan fingerprint density at radius 3 is 2.72 bits per heavy atom. The summed E-state index contributed by atoms with van der Waals surface area (Å²) in [7, 11) is 3.95. The first-order valence-corrected chi connectivity index (χ1v) is 9.31. The number of rotatable bonds is 2. The standard InChI is InChI=1S/C18H15BrN4OS/c1-10-4-5-11(8-12(10)19)23-9-21-15-14-13(22(2)3)6-7-20-17(14)25-16(15)18(23)24/h4-9H,1-3H3. The number of benzene rings is 1. The van der Waals surface area contributed by atoms with Crippen molar-refractivity contribution < 1.29 is 0 Å². The quantitative estimate of drug-likeness (QED) is 0.494. The Hall–Kier alpha value is -2.25. The van der Waals surface area contributed by atoms with E-state index < -0.39 is 0 Å². The van der Waals surface area contributed by atoms with Crippen molar-refractivity contribution in [3.63, 3.8) is 0 Å². The fourth-order valence-corrected chi connectivity index (χ4v) is 4.24. The van der Waals surface area contributed by atoms with Crippen LogP contribution in [0.15, 0.2) is 46.1 Å². The van der Waals surface area contributed by atoms with E-state index in [2.05, 4.69) is 25.9 Å². The molecule has 4 aromatic rings. The van der Waals surface area contributed by atoms with Crippen LogP contribution in [0.4, 0.5) is 5.69 Å². The molecule has 0 N–H and O–H groups in total. The molecule has 0 bridgehead atoms. The molecule has 0 saturated carbocycles. The molecule has 0 radical (unpaired) electrons. The Balaban J connectivity index is 2.03. The van der Waals surface area contributed by atoms with Crippen molar-refractivity contribution in [2.75, 3.05) is 19.0 Å². The fraction of sp³-hybridized carbons (Fsp3) is 0.167. The van der Waals surface area contributed by atoms with Crippen LogP contribution in [0, 0.1) is 6.92 Å². The van der Waals surface area contributed by atoms with E-state index in [9.17, 15) is 4.79 Å². The molecule has 0 aliphatic heterocycles. The zero-order valence-electron chi connectivity index (χ0n) is 13.9. The lowest BCUT2D eigenvalue weighted by Gasteiger charge is -2.13. The van der Waals surface area contributed by atoms with E-state index in [0.29, 0.717) is 10.2 Å². The summed E-state index contributed by atoms with van der Waals surface area (Å²) >= 11 is 4.91. The lowest BCUT2D eigenvalue weighted by Crippen LogP contribution is -2.17. The van der Waals surface area contributed by atoms with Gasteiger partial charge in [-0.25, -0.2) is 9.97 Å². The van der Waals surface area contributed by atoms with E-state index in [-0.39, 0.29) is 5.56 Å². The van der Waals surface area contributed by atoms with Gasteiger partial charge >= 0.3 is 0 Å². The third kappa shape index (κ3) is 2.54. The molecule has 0 atom stereocenters. The minimum Gasteiger partial charge on any atom is -0.377 e. The first kappa shape index (κ1) is 16.2. The Labute approximate surface area is 156 Å². The molecule has 0 amide bonds. The van der Waals surface area contributed by atoms with E-state index >= 15 is 0 Å². The predicted octanol–water partition coefficient (Wildman–Crippen LogP) is 4.13. The van der Waals surface area contributed by atoms with Crippen molar-refractivity contribution in [3.8, 4) is 5.69 Å². The Kier molecular flexibility index (Phi) is 3.85. The Morgan fingerprint density at radius 1 is 1.20 bits per heavy atom. The maximum absolute atomic E-state index is 13.1. The number of anilines is 1. The number of halogens is 1. The topological polar surface area (TPSA) is 51.0 Å². The molecule has 7 heteroatoms. The lowest BCUT2D eigenvalue weighted by molar-refractivity contribution is 0.965. The van der Waals surface area contributed by atoms with E-state index in [1.54, 1.807) is 17.1 Å². The monoisotopic (exact) mass is 414 g/mol. The molecule has 126 valence electrons. The Bertz CT molecular complexity index is 1180. The summed E-state index contributed by atoms with van der Waals surface area (Å²) in [5.74, 6) is 0. The largest absolute Gasteiger partial charge is 0.377 e. The molecule has 0 spiro atoms. The summed E-state index contributed by atoms with van der Waals surface area (Å²) in [5, 5.41) is 0.932. The second-order valence-electron chi connectivity index (χ2n) is 6.04. The highest BCUT2D eigenvalue weighted by Crippen LogP contribution is 2.35. The molecule has 25 heavy (non-hydrogen) atoms. The van der Waals surface area contributed by atoms with Gasteiger partial charge in [0.1, 0.15) is 15.9 Å². The van der Waals surface area contributed by atoms with E-state index in [4.69, 9.17) is 0 Å². The SMILES string of the molecule is Cc1ccc(-n2cnc3c(sc4nccc(N(C)C)c43)c2=O)cc1Br. The second-order valence-corrected chi connectivity index (χ2v) is 7.89. The van der Waals surface area contributed by atoms with Gasteiger partial charge in [0.15, 0.2) is 0 Å². The zero-order chi connectivity index (χ0) is 17.7. The van der Waals surface area contributed by atoms with Gasteiger partial charge in [0.05, 0.1) is 22.3 Å². The lowest BCUT2D eigenvalue weighted by atomic mass is 10.2. The summed E-state index contributed by atoms with van der Waals surface area (Å²) in [4.78, 5) is 24.9. The van der Waals surface area contributed by atoms with Crippen LogP contribution in [0.1, 0.15) is 5.56 Å². The van der Waals surface area contributed by atoms with Gasteiger partial charge in [0.2, 0.25) is 0 Å². The van der Waals surface area contributed by atoms with Crippen LogP contribution in [0.25, 0.3) is 26.1 Å². The first-order chi connectivity index (χ1) is 12.0. The predicted molar refractivity (Wildman–Crippen MR) is 107 cm³/mol. The van der Waals surface area contributed by atoms with Gasteiger partial charge in [0.25, 0.3) is 5.56 Å². The normalized spacial score (nSPS) is 11.4. The van der Waals surface area contributed by atoms with Crippen molar-refractivity contribution >= 4 is 53.4 Å². The summed E-state index contributed by atoms with van der Waals surface area (Å²) in [6, 6.07) is 7.78. The zero-order valence-corrected chi connectivity index (χ0v) is 16.3. The molecule has 0 aliphatic carbocycles. The maximum atomic E-state index is 13.1. The number of hydrogen-bond acceptors (Lipinski definition) is 5. The number of thiophene rings is 1. The number of aromatic nitrogens is 3. The van der Waals surface area contributed by atoms with E-state index in [1.165, 1.54) is 11.3 Å². The highest BCUT2D eigenvalue weighted by molar-refractivity contribution is 9.10. The minimum absolute atomic E-state index is 0.0755. The smallest absolute Gasteiger partial charge is 0.275 e. The highest BCUT2D eigenvalue weighted by Gasteiger charge is 2.17. The average molecular weight is 415 g/mol. The first-order valence-electron chi connectivity index (χ1n) is 7.70. The van der Waals surface area contributed by atoms with Gasteiger partial charge in [-0.2, -0.15) is 0 Å². The molecule has 5 nitrogen and oxygen atoms in total. The third-order valence-corrected chi connectivity index (χ3v) is 6.10. The molecule has 0 aliphatic rings. The number of nitrogens with zero attached hydrogens (tertiary/aromatic N) is 4. The summed E-state index contributed by atoms with van der Waals surface area (Å²) in [6.45, 7) is 2.01. The molecule has 0 saturated heterocycles. The van der Waals surface area contributed by atoms with Crippen LogP contribution in [0.2, 0.25) is 0 Å². The van der Waals surface area contributed by atoms with Crippen molar-refractivity contribution in [1.82, 2.24) is 14.5 Å². The van der Waals surface area contributed by atoms with Crippen LogP contribution >= 0.6 is 27.3 Å². The van der Waals surface area contributed by atoms with Gasteiger partial charge in [-0.3, -0.25) is 9.36 Å². The number of pyridine rings is 1. The summed E-state index contributed by atoms with van der Waals surface area (Å²) in [5.41, 5.74) is 3.55. The molecule has 1 aromatic carbocycles. The molecule has 0 unspecified atom stereocenters. The highest BCUT2D eigenvalue weighted by atomic mass is 79.9. The van der Waals surface area contributed by atoms with E-state index in [0.717, 1.165) is 31.6 Å². The maximum Gasteiger partial charge on any atom is 0.275 e. The minimum atomic E-state index is -0.0755. The van der Waals surface area contributed by atoms with Crippen molar-refractivity contribution in [2.45, 2.75) is 6.92 Å². The van der Waals surface area contributed by atoms with Crippen molar-refractivity contribution in [1.29, 1.82) is 0 Å². The summed E-state index contributed by atoms with van der Waals surface area (Å²) in [6.07, 6.45) is 3.36. The van der Waals surface area contributed by atoms with E-state index in [1.807, 2.05) is 50.2 Å². The van der Waals surface area contributed by atoms with Crippen LogP contribution in [0.3, 0.4) is 0 Å². The van der Waals surface area contributed by atoms with Gasteiger partial charge in [-0.15, -0.1) is 11.3 Å². The molecule has 0 fully saturated rings. The Morgan fingerprint density at radius 2 is 2.00 bits per heavy atom. The van der Waals surface area contributed by atoms with Crippen molar-refractivity contribution in [3.05, 3.63) is 57.2 Å². The molecule has 4 rings (SSSR count). The van der Waals surface area contributed by atoms with Crippen LogP contribution in [0.5, 0.6) is 0 Å².